The first-order valence-electron chi connectivity index (χ1n) is 4.36. The number of aromatic nitrogens is 3. The number of nitrogens with zero attached hydrogens (tertiary/aromatic N) is 2. The SMILES string of the molecule is IC1CCC(c2cn[nH]n2)CC1. The molecule has 1 aromatic heterocycles. The minimum absolute atomic E-state index is 0.662. The lowest BCUT2D eigenvalue weighted by atomic mass is 9.87. The highest BCUT2D eigenvalue weighted by molar-refractivity contribution is 14.1. The van der Waals surface area contributed by atoms with Crippen LogP contribution in [0.2, 0.25) is 0 Å². The molecule has 1 heterocycles. The highest BCUT2D eigenvalue weighted by Crippen LogP contribution is 2.34. The molecule has 3 nitrogen and oxygen atoms in total. The van der Waals surface area contributed by atoms with E-state index < -0.39 is 0 Å². The first-order valence-corrected chi connectivity index (χ1v) is 5.60. The van der Waals surface area contributed by atoms with E-state index in [4.69, 9.17) is 0 Å². The normalized spacial score (nSPS) is 30.4. The summed E-state index contributed by atoms with van der Waals surface area (Å²) in [6, 6.07) is 0. The lowest BCUT2D eigenvalue weighted by Crippen LogP contribution is -2.12. The summed E-state index contributed by atoms with van der Waals surface area (Å²) in [7, 11) is 0. The minimum atomic E-state index is 0.662. The molecule has 0 saturated heterocycles. The Labute approximate surface area is 85.5 Å². The van der Waals surface area contributed by atoms with Gasteiger partial charge in [0.15, 0.2) is 0 Å². The Morgan fingerprint density at radius 1 is 1.33 bits per heavy atom. The molecule has 4 heteroatoms. The topological polar surface area (TPSA) is 41.6 Å². The number of alkyl halides is 1. The molecule has 0 aromatic carbocycles. The van der Waals surface area contributed by atoms with Crippen LogP contribution in [0.4, 0.5) is 0 Å². The van der Waals surface area contributed by atoms with Gasteiger partial charge in [-0.1, -0.05) is 22.6 Å². The van der Waals surface area contributed by atoms with Gasteiger partial charge in [-0.15, -0.1) is 0 Å². The molecule has 1 saturated carbocycles. The van der Waals surface area contributed by atoms with Gasteiger partial charge >= 0.3 is 0 Å². The zero-order valence-corrected chi connectivity index (χ0v) is 8.99. The molecule has 0 radical (unpaired) electrons. The first kappa shape index (κ1) is 8.47. The second kappa shape index (κ2) is 3.72. The van der Waals surface area contributed by atoms with Crippen molar-refractivity contribution in [2.24, 2.45) is 0 Å². The van der Waals surface area contributed by atoms with Gasteiger partial charge in [0, 0.05) is 9.84 Å². The van der Waals surface area contributed by atoms with Crippen molar-refractivity contribution in [2.45, 2.75) is 35.5 Å². The Hall–Kier alpha value is -0.130. The third kappa shape index (κ3) is 1.78. The standard InChI is InChI=1S/C8H12IN3/c9-7-3-1-6(2-4-7)8-5-10-12-11-8/h5-7H,1-4H2,(H,10,11,12). The quantitative estimate of drug-likeness (QED) is 0.632. The number of H-pyrrole nitrogens is 1. The van der Waals surface area contributed by atoms with Crippen LogP contribution in [0.1, 0.15) is 37.3 Å². The van der Waals surface area contributed by atoms with Crippen molar-refractivity contribution < 1.29 is 0 Å². The predicted octanol–water partition coefficient (Wildman–Crippen LogP) is 2.27. The van der Waals surface area contributed by atoms with E-state index in [9.17, 15) is 0 Å². The van der Waals surface area contributed by atoms with Crippen LogP contribution in [-0.4, -0.2) is 19.3 Å². The van der Waals surface area contributed by atoms with E-state index in [1.54, 1.807) is 0 Å². The van der Waals surface area contributed by atoms with Crippen molar-refractivity contribution in [3.63, 3.8) is 0 Å². The van der Waals surface area contributed by atoms with Gasteiger partial charge in [0.2, 0.25) is 0 Å². The summed E-state index contributed by atoms with van der Waals surface area (Å²) in [5.74, 6) is 0.662. The summed E-state index contributed by atoms with van der Waals surface area (Å²) in [6.45, 7) is 0. The average molecular weight is 277 g/mol. The van der Waals surface area contributed by atoms with Gasteiger partial charge in [-0.05, 0) is 25.7 Å². The molecule has 1 aliphatic carbocycles. The van der Waals surface area contributed by atoms with Gasteiger partial charge in [-0.25, -0.2) is 0 Å². The number of aromatic amines is 1. The van der Waals surface area contributed by atoms with Gasteiger partial charge in [-0.2, -0.15) is 15.4 Å². The Morgan fingerprint density at radius 3 is 2.67 bits per heavy atom. The van der Waals surface area contributed by atoms with Crippen molar-refractivity contribution >= 4 is 22.6 Å². The Kier molecular flexibility index (Phi) is 2.63. The van der Waals surface area contributed by atoms with E-state index in [-0.39, 0.29) is 0 Å². The molecule has 0 spiro atoms. The molecule has 0 unspecified atom stereocenters. The molecular formula is C8H12IN3. The largest absolute Gasteiger partial charge is 0.198 e. The molecule has 2 rings (SSSR count). The van der Waals surface area contributed by atoms with Crippen LogP contribution in [0.15, 0.2) is 6.20 Å². The van der Waals surface area contributed by atoms with Crippen molar-refractivity contribution in [2.75, 3.05) is 0 Å². The van der Waals surface area contributed by atoms with Gasteiger partial charge in [0.05, 0.1) is 11.9 Å². The summed E-state index contributed by atoms with van der Waals surface area (Å²) in [4.78, 5) is 0. The van der Waals surface area contributed by atoms with Crippen LogP contribution in [0.5, 0.6) is 0 Å². The molecule has 0 atom stereocenters. The Balaban J connectivity index is 1.99. The lowest BCUT2D eigenvalue weighted by Gasteiger charge is -2.23. The molecule has 0 aliphatic heterocycles. The predicted molar refractivity (Wildman–Crippen MR) is 55.4 cm³/mol. The van der Waals surface area contributed by atoms with Gasteiger partial charge < -0.3 is 0 Å². The number of nitrogens with one attached hydrogen (secondary N) is 1. The third-order valence-corrected chi connectivity index (χ3v) is 3.75. The fourth-order valence-corrected chi connectivity index (χ4v) is 2.47. The summed E-state index contributed by atoms with van der Waals surface area (Å²) >= 11 is 2.54. The Bertz CT molecular complexity index is 226. The van der Waals surface area contributed by atoms with Gasteiger partial charge in [-0.3, -0.25) is 0 Å². The van der Waals surface area contributed by atoms with Crippen LogP contribution in [0.3, 0.4) is 0 Å². The maximum absolute atomic E-state index is 4.13. The molecule has 1 aliphatic rings. The summed E-state index contributed by atoms with van der Waals surface area (Å²) < 4.78 is 0.880. The minimum Gasteiger partial charge on any atom is -0.198 e. The Morgan fingerprint density at radius 2 is 2.08 bits per heavy atom. The highest BCUT2D eigenvalue weighted by atomic mass is 127. The zero-order valence-electron chi connectivity index (χ0n) is 6.83. The lowest BCUT2D eigenvalue weighted by molar-refractivity contribution is 0.454. The highest BCUT2D eigenvalue weighted by Gasteiger charge is 2.21. The fourth-order valence-electron chi connectivity index (χ4n) is 1.76. The van der Waals surface area contributed by atoms with E-state index in [2.05, 4.69) is 38.0 Å². The number of hydrogen-bond donors (Lipinski definition) is 1. The maximum Gasteiger partial charge on any atom is 0.0855 e. The smallest absolute Gasteiger partial charge is 0.0855 e. The maximum atomic E-state index is 4.13. The summed E-state index contributed by atoms with van der Waals surface area (Å²) in [6.07, 6.45) is 7.08. The number of hydrogen-bond acceptors (Lipinski definition) is 2. The van der Waals surface area contributed by atoms with Crippen molar-refractivity contribution in [3.8, 4) is 0 Å². The van der Waals surface area contributed by atoms with Gasteiger partial charge in [0.1, 0.15) is 0 Å². The molecule has 1 fully saturated rings. The molecule has 12 heavy (non-hydrogen) atoms. The molecule has 0 bridgehead atoms. The third-order valence-electron chi connectivity index (χ3n) is 2.51. The van der Waals surface area contributed by atoms with E-state index in [1.165, 1.54) is 25.7 Å². The molecule has 66 valence electrons. The molecule has 0 amide bonds. The summed E-state index contributed by atoms with van der Waals surface area (Å²) in [5.41, 5.74) is 1.15. The van der Waals surface area contributed by atoms with E-state index >= 15 is 0 Å². The van der Waals surface area contributed by atoms with Crippen LogP contribution in [-0.2, 0) is 0 Å². The average Bonchev–Trinajstić information content (AvgIpc) is 2.58. The van der Waals surface area contributed by atoms with Crippen LogP contribution >= 0.6 is 22.6 Å². The van der Waals surface area contributed by atoms with Crippen LogP contribution < -0.4 is 0 Å². The first-order chi connectivity index (χ1) is 5.86. The van der Waals surface area contributed by atoms with Crippen LogP contribution in [0.25, 0.3) is 0 Å². The summed E-state index contributed by atoms with van der Waals surface area (Å²) in [5, 5.41) is 10.6. The number of rotatable bonds is 1. The molecular weight excluding hydrogens is 265 g/mol. The zero-order chi connectivity index (χ0) is 8.39. The molecule has 1 aromatic rings. The van der Waals surface area contributed by atoms with E-state index in [0.29, 0.717) is 5.92 Å². The van der Waals surface area contributed by atoms with Crippen molar-refractivity contribution in [1.29, 1.82) is 0 Å². The number of halogens is 1. The van der Waals surface area contributed by atoms with Crippen LogP contribution in [0, 0.1) is 0 Å². The van der Waals surface area contributed by atoms with Gasteiger partial charge in [0.25, 0.3) is 0 Å². The van der Waals surface area contributed by atoms with E-state index in [1.807, 2.05) is 6.20 Å². The van der Waals surface area contributed by atoms with E-state index in [0.717, 1.165) is 9.62 Å². The second-order valence-corrected chi connectivity index (χ2v) is 5.11. The fraction of sp³-hybridized carbons (Fsp3) is 0.750. The van der Waals surface area contributed by atoms with Crippen molar-refractivity contribution in [1.82, 2.24) is 15.4 Å². The second-order valence-electron chi connectivity index (χ2n) is 3.34. The molecule has 1 N–H and O–H groups in total. The van der Waals surface area contributed by atoms with Crippen molar-refractivity contribution in [3.05, 3.63) is 11.9 Å². The monoisotopic (exact) mass is 277 g/mol.